The molecule has 0 fully saturated rings. The van der Waals surface area contributed by atoms with Crippen LogP contribution in [0.4, 0.5) is 0 Å². The van der Waals surface area contributed by atoms with Crippen molar-refractivity contribution in [2.24, 2.45) is 0 Å². The molecule has 0 bridgehead atoms. The number of rotatable bonds is 10. The Labute approximate surface area is 137 Å². The average molecular weight is 319 g/mol. The van der Waals surface area contributed by atoms with Gasteiger partial charge in [-0.2, -0.15) is 0 Å². The Kier molecular flexibility index (Phi) is 8.50. The third-order valence-electron chi connectivity index (χ3n) is 3.13. The molecule has 1 rings (SSSR count). The van der Waals surface area contributed by atoms with Crippen LogP contribution in [0.15, 0.2) is 42.7 Å². The van der Waals surface area contributed by atoms with Gasteiger partial charge in [-0.25, -0.2) is 0 Å². The van der Waals surface area contributed by atoms with E-state index in [4.69, 9.17) is 9.47 Å². The van der Waals surface area contributed by atoms with Gasteiger partial charge in [-0.3, -0.25) is 9.59 Å². The Morgan fingerprint density at radius 2 is 1.70 bits per heavy atom. The van der Waals surface area contributed by atoms with Gasteiger partial charge in [0.2, 0.25) is 5.91 Å². The van der Waals surface area contributed by atoms with Gasteiger partial charge in [0.05, 0.1) is 26.2 Å². The van der Waals surface area contributed by atoms with Gasteiger partial charge in [0.25, 0.3) is 0 Å². The summed E-state index contributed by atoms with van der Waals surface area (Å²) in [5.41, 5.74) is 1.02. The van der Waals surface area contributed by atoms with Crippen molar-refractivity contribution in [1.29, 1.82) is 0 Å². The maximum atomic E-state index is 12.4. The summed E-state index contributed by atoms with van der Waals surface area (Å²) in [6.07, 6.45) is 0.199. The Balaban J connectivity index is 2.67. The fourth-order valence-corrected chi connectivity index (χ4v) is 2.10. The zero-order valence-corrected chi connectivity index (χ0v) is 13.9. The van der Waals surface area contributed by atoms with Crippen molar-refractivity contribution in [2.45, 2.75) is 33.2 Å². The molecule has 0 aliphatic carbocycles. The maximum Gasteiger partial charge on any atom is 0.306 e. The van der Waals surface area contributed by atoms with Gasteiger partial charge in [-0.15, -0.1) is 0 Å². The molecular weight excluding hydrogens is 294 g/mol. The van der Waals surface area contributed by atoms with Crippen LogP contribution >= 0.6 is 0 Å². The summed E-state index contributed by atoms with van der Waals surface area (Å²) in [7, 11) is 0. The van der Waals surface area contributed by atoms with Crippen LogP contribution in [-0.4, -0.2) is 36.5 Å². The van der Waals surface area contributed by atoms with Gasteiger partial charge in [-0.1, -0.05) is 36.9 Å². The van der Waals surface area contributed by atoms with Crippen LogP contribution in [0.1, 0.15) is 32.3 Å². The molecule has 5 nitrogen and oxygen atoms in total. The second kappa shape index (κ2) is 10.4. The summed E-state index contributed by atoms with van der Waals surface area (Å²) in [5.74, 6) is 0.0554. The molecule has 0 radical (unpaired) electrons. The number of ether oxygens (including phenoxy) is 2. The molecule has 23 heavy (non-hydrogen) atoms. The van der Waals surface area contributed by atoms with Crippen molar-refractivity contribution in [1.82, 2.24) is 4.90 Å². The van der Waals surface area contributed by atoms with E-state index in [1.807, 2.05) is 37.3 Å². The SMILES string of the molecule is C=C(CN(Cc1ccccc1)C(=O)CCC(=O)OCC)OCC. The van der Waals surface area contributed by atoms with Crippen molar-refractivity contribution in [3.05, 3.63) is 48.2 Å². The van der Waals surface area contributed by atoms with E-state index in [1.54, 1.807) is 11.8 Å². The molecular formula is C18H25NO4. The first-order valence-corrected chi connectivity index (χ1v) is 7.84. The number of amides is 1. The quantitative estimate of drug-likeness (QED) is 0.491. The van der Waals surface area contributed by atoms with E-state index in [1.165, 1.54) is 0 Å². The number of hydrogen-bond acceptors (Lipinski definition) is 4. The normalized spacial score (nSPS) is 10.0. The van der Waals surface area contributed by atoms with Crippen LogP contribution in [0, 0.1) is 0 Å². The lowest BCUT2D eigenvalue weighted by molar-refractivity contribution is -0.145. The highest BCUT2D eigenvalue weighted by molar-refractivity contribution is 5.81. The molecule has 0 aromatic heterocycles. The molecule has 0 spiro atoms. The molecule has 1 aromatic carbocycles. The first-order chi connectivity index (χ1) is 11.1. The summed E-state index contributed by atoms with van der Waals surface area (Å²) in [6.45, 7) is 9.03. The van der Waals surface area contributed by atoms with Crippen LogP contribution < -0.4 is 0 Å². The van der Waals surface area contributed by atoms with E-state index in [-0.39, 0.29) is 24.7 Å². The minimum atomic E-state index is -0.357. The van der Waals surface area contributed by atoms with E-state index < -0.39 is 0 Å². The average Bonchev–Trinajstić information content (AvgIpc) is 2.53. The molecule has 0 aliphatic heterocycles. The number of nitrogens with zero attached hydrogens (tertiary/aromatic N) is 1. The number of esters is 1. The summed E-state index contributed by atoms with van der Waals surface area (Å²) in [4.78, 5) is 25.5. The molecule has 0 unspecified atom stereocenters. The highest BCUT2D eigenvalue weighted by Crippen LogP contribution is 2.10. The first-order valence-electron chi connectivity index (χ1n) is 7.84. The Morgan fingerprint density at radius 1 is 1.04 bits per heavy atom. The number of benzene rings is 1. The number of hydrogen-bond donors (Lipinski definition) is 0. The maximum absolute atomic E-state index is 12.4. The largest absolute Gasteiger partial charge is 0.497 e. The molecule has 0 aliphatic rings. The smallest absolute Gasteiger partial charge is 0.306 e. The van der Waals surface area contributed by atoms with Crippen molar-refractivity contribution in [3.63, 3.8) is 0 Å². The molecule has 0 atom stereocenters. The van der Waals surface area contributed by atoms with Crippen molar-refractivity contribution in [2.75, 3.05) is 19.8 Å². The molecule has 0 heterocycles. The first kappa shape index (κ1) is 18.7. The van der Waals surface area contributed by atoms with E-state index in [2.05, 4.69) is 6.58 Å². The predicted molar refractivity (Wildman–Crippen MR) is 88.5 cm³/mol. The van der Waals surface area contributed by atoms with Crippen LogP contribution in [0.3, 0.4) is 0 Å². The second-order valence-corrected chi connectivity index (χ2v) is 5.01. The van der Waals surface area contributed by atoms with E-state index in [9.17, 15) is 9.59 Å². The molecule has 0 N–H and O–H groups in total. The zero-order valence-electron chi connectivity index (χ0n) is 13.9. The van der Waals surface area contributed by atoms with Crippen LogP contribution in [0.25, 0.3) is 0 Å². The van der Waals surface area contributed by atoms with E-state index >= 15 is 0 Å². The van der Waals surface area contributed by atoms with Crippen molar-refractivity contribution in [3.8, 4) is 0 Å². The zero-order chi connectivity index (χ0) is 17.1. The lowest BCUT2D eigenvalue weighted by Gasteiger charge is -2.23. The third-order valence-corrected chi connectivity index (χ3v) is 3.13. The predicted octanol–water partition coefficient (Wildman–Crippen LogP) is 2.91. The van der Waals surface area contributed by atoms with Crippen molar-refractivity contribution >= 4 is 11.9 Å². The summed E-state index contributed by atoms with van der Waals surface area (Å²) in [5, 5.41) is 0. The fourth-order valence-electron chi connectivity index (χ4n) is 2.10. The molecule has 0 saturated carbocycles. The lowest BCUT2D eigenvalue weighted by atomic mass is 10.2. The van der Waals surface area contributed by atoms with E-state index in [0.29, 0.717) is 32.1 Å². The number of carbonyl (C=O) groups is 2. The molecule has 1 amide bonds. The van der Waals surface area contributed by atoms with E-state index in [0.717, 1.165) is 5.56 Å². The summed E-state index contributed by atoms with van der Waals surface area (Å²) >= 11 is 0. The molecule has 1 aromatic rings. The summed E-state index contributed by atoms with van der Waals surface area (Å²) in [6, 6.07) is 9.68. The second-order valence-electron chi connectivity index (χ2n) is 5.01. The Hall–Kier alpha value is -2.30. The van der Waals surface area contributed by atoms with Crippen LogP contribution in [-0.2, 0) is 25.6 Å². The van der Waals surface area contributed by atoms with Gasteiger partial charge in [0.15, 0.2) is 0 Å². The Morgan fingerprint density at radius 3 is 2.30 bits per heavy atom. The minimum Gasteiger partial charge on any atom is -0.497 e. The van der Waals surface area contributed by atoms with Gasteiger partial charge in [-0.05, 0) is 19.4 Å². The lowest BCUT2D eigenvalue weighted by Crippen LogP contribution is -2.33. The van der Waals surface area contributed by atoms with Gasteiger partial charge < -0.3 is 14.4 Å². The fraction of sp³-hybridized carbons (Fsp3) is 0.444. The topological polar surface area (TPSA) is 55.8 Å². The van der Waals surface area contributed by atoms with Crippen molar-refractivity contribution < 1.29 is 19.1 Å². The third kappa shape index (κ3) is 7.49. The standard InChI is InChI=1S/C18H25NO4/c1-4-22-15(3)13-19(14-16-9-7-6-8-10-16)17(20)11-12-18(21)23-5-2/h6-10H,3-5,11-14H2,1-2H3. The van der Waals surface area contributed by atoms with Gasteiger partial charge in [0.1, 0.15) is 5.76 Å². The minimum absolute atomic E-state index is 0.0824. The van der Waals surface area contributed by atoms with Crippen LogP contribution in [0.2, 0.25) is 0 Å². The van der Waals surface area contributed by atoms with Gasteiger partial charge in [0, 0.05) is 13.0 Å². The van der Waals surface area contributed by atoms with Crippen LogP contribution in [0.5, 0.6) is 0 Å². The molecule has 0 saturated heterocycles. The Bertz CT molecular complexity index is 513. The summed E-state index contributed by atoms with van der Waals surface area (Å²) < 4.78 is 10.2. The molecule has 126 valence electrons. The monoisotopic (exact) mass is 319 g/mol. The number of carbonyl (C=O) groups excluding carboxylic acids is 2. The highest BCUT2D eigenvalue weighted by atomic mass is 16.5. The van der Waals surface area contributed by atoms with Gasteiger partial charge >= 0.3 is 5.97 Å². The molecule has 5 heteroatoms. The highest BCUT2D eigenvalue weighted by Gasteiger charge is 2.17.